The number of carbonyl (C=O) groups excluding carboxylic acids is 1. The fraction of sp³-hybridized carbons (Fsp3) is 0.364. The molecule has 14 heavy (non-hydrogen) atoms. The van der Waals surface area contributed by atoms with Crippen LogP contribution in [0.4, 0.5) is 5.69 Å². The molecule has 1 aromatic carbocycles. The van der Waals surface area contributed by atoms with E-state index < -0.39 is 0 Å². The van der Waals surface area contributed by atoms with Crippen LogP contribution in [0, 0.1) is 0 Å². The van der Waals surface area contributed by atoms with Gasteiger partial charge in [0.1, 0.15) is 0 Å². The van der Waals surface area contributed by atoms with Crippen molar-refractivity contribution in [1.29, 1.82) is 0 Å². The van der Waals surface area contributed by atoms with Crippen molar-refractivity contribution < 1.29 is 9.53 Å². The lowest BCUT2D eigenvalue weighted by atomic mass is 10.1. The quantitative estimate of drug-likeness (QED) is 0.585. The number of anilines is 1. The van der Waals surface area contributed by atoms with Crippen molar-refractivity contribution in [3.05, 3.63) is 29.3 Å². The number of nitrogens with two attached hydrogens (primary N) is 1. The van der Waals surface area contributed by atoms with E-state index in [1.165, 1.54) is 7.11 Å². The van der Waals surface area contributed by atoms with Crippen LogP contribution < -0.4 is 5.73 Å². The second-order valence-corrected chi connectivity index (χ2v) is 3.19. The van der Waals surface area contributed by atoms with Gasteiger partial charge < -0.3 is 10.5 Å². The van der Waals surface area contributed by atoms with Crippen molar-refractivity contribution in [2.75, 3.05) is 12.8 Å². The van der Waals surface area contributed by atoms with Crippen molar-refractivity contribution in [1.82, 2.24) is 0 Å². The predicted molar refractivity (Wildman–Crippen MR) is 56.0 cm³/mol. The van der Waals surface area contributed by atoms with Crippen LogP contribution in [-0.4, -0.2) is 13.1 Å². The highest BCUT2D eigenvalue weighted by atomic mass is 16.5. The Labute approximate surface area is 83.9 Å². The van der Waals surface area contributed by atoms with E-state index in [2.05, 4.69) is 11.7 Å². The molecule has 2 N–H and O–H groups in total. The van der Waals surface area contributed by atoms with Crippen LogP contribution in [0.1, 0.15) is 18.1 Å². The van der Waals surface area contributed by atoms with Crippen LogP contribution >= 0.6 is 0 Å². The highest BCUT2D eigenvalue weighted by molar-refractivity contribution is 5.73. The number of esters is 1. The Morgan fingerprint density at radius 2 is 2.00 bits per heavy atom. The topological polar surface area (TPSA) is 52.3 Å². The number of methoxy groups -OCH3 is 1. The summed E-state index contributed by atoms with van der Waals surface area (Å²) in [7, 11) is 1.38. The molecule has 0 aliphatic heterocycles. The van der Waals surface area contributed by atoms with E-state index in [1.54, 1.807) is 6.07 Å². The second kappa shape index (κ2) is 4.65. The Bertz CT molecular complexity index is 334. The summed E-state index contributed by atoms with van der Waals surface area (Å²) in [5.74, 6) is -0.238. The van der Waals surface area contributed by atoms with Crippen molar-refractivity contribution in [2.45, 2.75) is 19.8 Å². The van der Waals surface area contributed by atoms with Gasteiger partial charge in [0.2, 0.25) is 0 Å². The minimum atomic E-state index is -0.238. The first-order valence-corrected chi connectivity index (χ1v) is 4.60. The highest BCUT2D eigenvalue weighted by Crippen LogP contribution is 2.13. The molecule has 0 fully saturated rings. The summed E-state index contributed by atoms with van der Waals surface area (Å²) in [5, 5.41) is 0. The Morgan fingerprint density at radius 3 is 2.57 bits per heavy atom. The summed E-state index contributed by atoms with van der Waals surface area (Å²) in [6.07, 6.45) is 1.20. The third-order valence-corrected chi connectivity index (χ3v) is 2.06. The molecule has 0 bridgehead atoms. The first-order chi connectivity index (χ1) is 6.65. The molecule has 3 nitrogen and oxygen atoms in total. The molecule has 1 aromatic rings. The Balaban J connectivity index is 2.86. The van der Waals surface area contributed by atoms with Gasteiger partial charge in [-0.25, -0.2) is 0 Å². The Morgan fingerprint density at radius 1 is 1.36 bits per heavy atom. The largest absolute Gasteiger partial charge is 0.469 e. The summed E-state index contributed by atoms with van der Waals surface area (Å²) < 4.78 is 4.59. The SMILES string of the molecule is CCc1cc(N)cc(CC(=O)OC)c1. The van der Waals surface area contributed by atoms with Crippen LogP contribution in [0.3, 0.4) is 0 Å². The zero-order valence-corrected chi connectivity index (χ0v) is 8.54. The molecule has 1 rings (SSSR count). The van der Waals surface area contributed by atoms with Crippen LogP contribution in [0.5, 0.6) is 0 Å². The molecular weight excluding hydrogens is 178 g/mol. The summed E-state index contributed by atoms with van der Waals surface area (Å²) in [6, 6.07) is 5.70. The lowest BCUT2D eigenvalue weighted by molar-refractivity contribution is -0.139. The minimum absolute atomic E-state index is 0.238. The van der Waals surface area contributed by atoms with Gasteiger partial charge in [0.25, 0.3) is 0 Å². The van der Waals surface area contributed by atoms with Gasteiger partial charge in [0.05, 0.1) is 13.5 Å². The van der Waals surface area contributed by atoms with Gasteiger partial charge in [0.15, 0.2) is 0 Å². The van der Waals surface area contributed by atoms with Gasteiger partial charge in [-0.3, -0.25) is 4.79 Å². The van der Waals surface area contributed by atoms with Gasteiger partial charge in [-0.1, -0.05) is 13.0 Å². The molecular formula is C11H15NO2. The van der Waals surface area contributed by atoms with E-state index in [0.717, 1.165) is 17.5 Å². The molecule has 0 heterocycles. The second-order valence-electron chi connectivity index (χ2n) is 3.19. The lowest BCUT2D eigenvalue weighted by Gasteiger charge is -2.04. The van der Waals surface area contributed by atoms with Crippen molar-refractivity contribution in [3.8, 4) is 0 Å². The number of rotatable bonds is 3. The van der Waals surface area contributed by atoms with Gasteiger partial charge >= 0.3 is 5.97 Å². The first kappa shape index (κ1) is 10.6. The number of hydrogen-bond donors (Lipinski definition) is 1. The summed E-state index contributed by atoms with van der Waals surface area (Å²) in [5.41, 5.74) is 8.45. The van der Waals surface area contributed by atoms with Crippen LogP contribution in [-0.2, 0) is 22.4 Å². The smallest absolute Gasteiger partial charge is 0.309 e. The Kier molecular flexibility index (Phi) is 3.51. The molecule has 0 aromatic heterocycles. The number of benzene rings is 1. The average Bonchev–Trinajstić information content (AvgIpc) is 2.16. The standard InChI is InChI=1S/C11H15NO2/c1-3-8-4-9(6-10(12)5-8)7-11(13)14-2/h4-6H,3,7,12H2,1-2H3. The molecule has 0 saturated carbocycles. The van der Waals surface area contributed by atoms with Crippen molar-refractivity contribution in [3.63, 3.8) is 0 Å². The molecule has 0 radical (unpaired) electrons. The number of hydrogen-bond acceptors (Lipinski definition) is 3. The number of ether oxygens (including phenoxy) is 1. The fourth-order valence-electron chi connectivity index (χ4n) is 1.34. The van der Waals surface area contributed by atoms with E-state index >= 15 is 0 Å². The van der Waals surface area contributed by atoms with Gasteiger partial charge in [-0.05, 0) is 29.7 Å². The monoisotopic (exact) mass is 193 g/mol. The molecule has 0 aliphatic carbocycles. The van der Waals surface area contributed by atoms with Crippen molar-refractivity contribution in [2.24, 2.45) is 0 Å². The van der Waals surface area contributed by atoms with Gasteiger partial charge in [0, 0.05) is 5.69 Å². The number of carbonyl (C=O) groups is 1. The van der Waals surface area contributed by atoms with E-state index in [1.807, 2.05) is 12.1 Å². The molecule has 3 heteroatoms. The van der Waals surface area contributed by atoms with Crippen LogP contribution in [0.25, 0.3) is 0 Å². The van der Waals surface area contributed by atoms with Crippen LogP contribution in [0.15, 0.2) is 18.2 Å². The van der Waals surface area contributed by atoms with E-state index in [-0.39, 0.29) is 12.4 Å². The molecule has 0 spiro atoms. The molecule has 0 unspecified atom stereocenters. The predicted octanol–water partition coefficient (Wildman–Crippen LogP) is 1.55. The van der Waals surface area contributed by atoms with Crippen molar-refractivity contribution >= 4 is 11.7 Å². The van der Waals surface area contributed by atoms with E-state index in [4.69, 9.17) is 5.73 Å². The Hall–Kier alpha value is -1.51. The lowest BCUT2D eigenvalue weighted by Crippen LogP contribution is -2.05. The normalized spacial score (nSPS) is 9.86. The minimum Gasteiger partial charge on any atom is -0.469 e. The summed E-state index contributed by atoms with van der Waals surface area (Å²) in [4.78, 5) is 11.0. The zero-order valence-electron chi connectivity index (χ0n) is 8.54. The van der Waals surface area contributed by atoms with E-state index in [0.29, 0.717) is 5.69 Å². The van der Waals surface area contributed by atoms with Crippen LogP contribution in [0.2, 0.25) is 0 Å². The zero-order chi connectivity index (χ0) is 10.6. The van der Waals surface area contributed by atoms with Gasteiger partial charge in [-0.2, -0.15) is 0 Å². The molecule has 0 atom stereocenters. The maximum atomic E-state index is 11.0. The van der Waals surface area contributed by atoms with Gasteiger partial charge in [-0.15, -0.1) is 0 Å². The molecule has 0 saturated heterocycles. The molecule has 76 valence electrons. The maximum absolute atomic E-state index is 11.0. The third kappa shape index (κ3) is 2.76. The van der Waals surface area contributed by atoms with E-state index in [9.17, 15) is 4.79 Å². The number of nitrogen functional groups attached to an aromatic ring is 1. The first-order valence-electron chi connectivity index (χ1n) is 4.60. The maximum Gasteiger partial charge on any atom is 0.309 e. The number of aryl methyl sites for hydroxylation is 1. The highest BCUT2D eigenvalue weighted by Gasteiger charge is 2.04. The molecule has 0 aliphatic rings. The fourth-order valence-corrected chi connectivity index (χ4v) is 1.34. The summed E-state index contributed by atoms with van der Waals surface area (Å²) >= 11 is 0. The third-order valence-electron chi connectivity index (χ3n) is 2.06. The summed E-state index contributed by atoms with van der Waals surface area (Å²) in [6.45, 7) is 2.05. The molecule has 0 amide bonds. The average molecular weight is 193 g/mol.